The maximum absolute atomic E-state index is 12.5. The Hall–Kier alpha value is -1.91. The molecule has 2 aromatic rings. The minimum atomic E-state index is 0.109. The molecule has 0 amide bonds. The molecule has 0 unspecified atom stereocenters. The van der Waals surface area contributed by atoms with Crippen LogP contribution in [0.25, 0.3) is 0 Å². The maximum atomic E-state index is 12.5. The zero-order valence-electron chi connectivity index (χ0n) is 12.2. The van der Waals surface area contributed by atoms with Gasteiger partial charge in [-0.1, -0.05) is 0 Å². The van der Waals surface area contributed by atoms with Crippen molar-refractivity contribution in [3.8, 4) is 0 Å². The highest BCUT2D eigenvalue weighted by molar-refractivity contribution is 5.99. The lowest BCUT2D eigenvalue weighted by molar-refractivity contribution is 0.0989. The quantitative estimate of drug-likeness (QED) is 0.790. The van der Waals surface area contributed by atoms with E-state index in [0.29, 0.717) is 6.42 Å². The summed E-state index contributed by atoms with van der Waals surface area (Å²) in [6.45, 7) is 8.56. The standard InChI is InChI=1S/C14H20N4O/c1-6-18-12(7-9(2)15-18)8-13(19)14-10(3)16-17(5)11(14)4/h7H,6,8H2,1-5H3. The summed E-state index contributed by atoms with van der Waals surface area (Å²) in [6, 6.07) is 1.97. The minimum Gasteiger partial charge on any atom is -0.294 e. The SMILES string of the molecule is CCn1nc(C)cc1CC(=O)c1c(C)nn(C)c1C. The summed E-state index contributed by atoms with van der Waals surface area (Å²) in [4.78, 5) is 12.5. The Morgan fingerprint density at radius 3 is 2.47 bits per heavy atom. The first-order chi connectivity index (χ1) is 8.93. The third kappa shape index (κ3) is 2.45. The van der Waals surface area contributed by atoms with Gasteiger partial charge in [0.1, 0.15) is 0 Å². The fraction of sp³-hybridized carbons (Fsp3) is 0.500. The molecular weight excluding hydrogens is 240 g/mol. The topological polar surface area (TPSA) is 52.7 Å². The number of ketones is 1. The number of Topliss-reactive ketones (excluding diaryl/α,β-unsaturated/α-hetero) is 1. The summed E-state index contributed by atoms with van der Waals surface area (Å²) in [7, 11) is 1.86. The van der Waals surface area contributed by atoms with E-state index in [-0.39, 0.29) is 5.78 Å². The van der Waals surface area contributed by atoms with Gasteiger partial charge >= 0.3 is 0 Å². The third-order valence-electron chi connectivity index (χ3n) is 3.41. The second kappa shape index (κ2) is 4.99. The highest BCUT2D eigenvalue weighted by Gasteiger charge is 2.19. The number of carbonyl (C=O) groups is 1. The van der Waals surface area contributed by atoms with Gasteiger partial charge in [0.2, 0.25) is 0 Å². The van der Waals surface area contributed by atoms with E-state index in [2.05, 4.69) is 10.2 Å². The van der Waals surface area contributed by atoms with E-state index in [0.717, 1.165) is 34.9 Å². The molecule has 0 fully saturated rings. The smallest absolute Gasteiger partial charge is 0.172 e. The highest BCUT2D eigenvalue weighted by Crippen LogP contribution is 2.16. The van der Waals surface area contributed by atoms with Gasteiger partial charge in [-0.2, -0.15) is 10.2 Å². The van der Waals surface area contributed by atoms with Crippen molar-refractivity contribution < 1.29 is 4.79 Å². The lowest BCUT2D eigenvalue weighted by Gasteiger charge is -2.04. The highest BCUT2D eigenvalue weighted by atomic mass is 16.1. The first kappa shape index (κ1) is 13.5. The lowest BCUT2D eigenvalue weighted by atomic mass is 10.0. The van der Waals surface area contributed by atoms with Crippen LogP contribution in [-0.2, 0) is 20.0 Å². The summed E-state index contributed by atoms with van der Waals surface area (Å²) >= 11 is 0. The minimum absolute atomic E-state index is 0.109. The van der Waals surface area contributed by atoms with E-state index in [1.54, 1.807) is 4.68 Å². The van der Waals surface area contributed by atoms with Crippen LogP contribution in [0, 0.1) is 20.8 Å². The van der Waals surface area contributed by atoms with Gasteiger partial charge in [-0.25, -0.2) is 0 Å². The third-order valence-corrected chi connectivity index (χ3v) is 3.41. The van der Waals surface area contributed by atoms with Gasteiger partial charge < -0.3 is 0 Å². The molecule has 19 heavy (non-hydrogen) atoms. The Kier molecular flexibility index (Phi) is 3.55. The molecule has 0 bridgehead atoms. The van der Waals surface area contributed by atoms with E-state index in [9.17, 15) is 4.79 Å². The summed E-state index contributed by atoms with van der Waals surface area (Å²) in [5.41, 5.74) is 4.37. The molecule has 0 aliphatic carbocycles. The number of hydrogen-bond donors (Lipinski definition) is 0. The van der Waals surface area contributed by atoms with Crippen molar-refractivity contribution >= 4 is 5.78 Å². The van der Waals surface area contributed by atoms with E-state index in [1.165, 1.54) is 0 Å². The first-order valence-electron chi connectivity index (χ1n) is 6.50. The fourth-order valence-electron chi connectivity index (χ4n) is 2.45. The summed E-state index contributed by atoms with van der Waals surface area (Å²) < 4.78 is 3.64. The van der Waals surface area contributed by atoms with Crippen LogP contribution in [0.3, 0.4) is 0 Å². The Labute approximate surface area is 113 Å². The molecule has 0 aliphatic rings. The number of nitrogens with zero attached hydrogens (tertiary/aromatic N) is 4. The van der Waals surface area contributed by atoms with Crippen LogP contribution in [0.15, 0.2) is 6.07 Å². The van der Waals surface area contributed by atoms with E-state index >= 15 is 0 Å². The van der Waals surface area contributed by atoms with E-state index < -0.39 is 0 Å². The molecule has 0 atom stereocenters. The zero-order valence-corrected chi connectivity index (χ0v) is 12.2. The predicted octanol–water partition coefficient (Wildman–Crippen LogP) is 1.99. The van der Waals surface area contributed by atoms with Crippen LogP contribution >= 0.6 is 0 Å². The number of aryl methyl sites for hydroxylation is 4. The molecule has 2 aromatic heterocycles. The number of rotatable bonds is 4. The van der Waals surface area contributed by atoms with Crippen molar-refractivity contribution in [1.82, 2.24) is 19.6 Å². The largest absolute Gasteiger partial charge is 0.294 e. The Morgan fingerprint density at radius 2 is 1.95 bits per heavy atom. The lowest BCUT2D eigenvalue weighted by Crippen LogP contribution is -2.11. The molecule has 0 aromatic carbocycles. The monoisotopic (exact) mass is 260 g/mol. The average Bonchev–Trinajstić information content (AvgIpc) is 2.80. The van der Waals surface area contributed by atoms with Crippen LogP contribution in [-0.4, -0.2) is 25.3 Å². The molecular formula is C14H20N4O. The van der Waals surface area contributed by atoms with Gasteiger partial charge in [0, 0.05) is 25.0 Å². The van der Waals surface area contributed by atoms with Crippen LogP contribution in [0.5, 0.6) is 0 Å². The molecule has 0 saturated carbocycles. The van der Waals surface area contributed by atoms with Gasteiger partial charge in [-0.15, -0.1) is 0 Å². The van der Waals surface area contributed by atoms with Crippen molar-refractivity contribution in [1.29, 1.82) is 0 Å². The van der Waals surface area contributed by atoms with E-state index in [1.807, 2.05) is 45.5 Å². The van der Waals surface area contributed by atoms with Crippen LogP contribution in [0.4, 0.5) is 0 Å². The molecule has 0 spiro atoms. The van der Waals surface area contributed by atoms with Gasteiger partial charge in [-0.3, -0.25) is 14.2 Å². The maximum Gasteiger partial charge on any atom is 0.172 e. The Morgan fingerprint density at radius 1 is 1.26 bits per heavy atom. The second-order valence-electron chi connectivity index (χ2n) is 4.86. The molecule has 0 aliphatic heterocycles. The first-order valence-corrected chi connectivity index (χ1v) is 6.50. The Bertz CT molecular complexity index is 622. The molecule has 2 heterocycles. The van der Waals surface area contributed by atoms with Gasteiger partial charge in [0.25, 0.3) is 0 Å². The van der Waals surface area contributed by atoms with E-state index in [4.69, 9.17) is 0 Å². The van der Waals surface area contributed by atoms with Gasteiger partial charge in [0.15, 0.2) is 5.78 Å². The second-order valence-corrected chi connectivity index (χ2v) is 4.86. The van der Waals surface area contributed by atoms with Gasteiger partial charge in [0.05, 0.1) is 23.4 Å². The molecule has 5 nitrogen and oxygen atoms in total. The van der Waals surface area contributed by atoms with Crippen LogP contribution in [0.1, 0.15) is 40.1 Å². The molecule has 2 rings (SSSR count). The molecule has 0 N–H and O–H groups in total. The summed E-state index contributed by atoms with van der Waals surface area (Å²) in [6.07, 6.45) is 0.377. The van der Waals surface area contributed by atoms with Crippen LogP contribution in [0.2, 0.25) is 0 Å². The van der Waals surface area contributed by atoms with Crippen molar-refractivity contribution in [2.75, 3.05) is 0 Å². The molecule has 0 radical (unpaired) electrons. The molecule has 5 heteroatoms. The van der Waals surface area contributed by atoms with Crippen molar-refractivity contribution in [3.63, 3.8) is 0 Å². The zero-order chi connectivity index (χ0) is 14.2. The van der Waals surface area contributed by atoms with Crippen molar-refractivity contribution in [3.05, 3.63) is 34.4 Å². The number of carbonyl (C=O) groups excluding carboxylic acids is 1. The van der Waals surface area contributed by atoms with Crippen molar-refractivity contribution in [2.24, 2.45) is 7.05 Å². The van der Waals surface area contributed by atoms with Gasteiger partial charge in [-0.05, 0) is 33.8 Å². The van der Waals surface area contributed by atoms with Crippen LogP contribution < -0.4 is 0 Å². The Balaban J connectivity index is 2.30. The average molecular weight is 260 g/mol. The predicted molar refractivity (Wildman–Crippen MR) is 73.4 cm³/mol. The summed E-state index contributed by atoms with van der Waals surface area (Å²) in [5.74, 6) is 0.109. The number of aromatic nitrogens is 4. The molecule has 0 saturated heterocycles. The summed E-state index contributed by atoms with van der Waals surface area (Å²) in [5, 5.41) is 8.66. The fourth-order valence-corrected chi connectivity index (χ4v) is 2.45. The molecule has 102 valence electrons. The van der Waals surface area contributed by atoms with Crippen molar-refractivity contribution in [2.45, 2.75) is 40.7 Å². The number of hydrogen-bond acceptors (Lipinski definition) is 3. The normalized spacial score (nSPS) is 11.0.